The van der Waals surface area contributed by atoms with E-state index < -0.39 is 9.05 Å². The Bertz CT molecular complexity index is 79.1. The van der Waals surface area contributed by atoms with Crippen LogP contribution in [-0.4, -0.2) is 131 Å². The average Bonchev–Trinajstić information content (AvgIpc) is 1.72. The zero-order chi connectivity index (χ0) is 8.50. The van der Waals surface area contributed by atoms with E-state index in [1.54, 1.807) is 0 Å². The molecular formula is C2H8K2N2O4Si. The van der Waals surface area contributed by atoms with Crippen LogP contribution in [-0.2, 0) is 0 Å². The molecular weight excluding hydrogens is 222 g/mol. The first kappa shape index (κ1) is 29.2. The number of hydrogen-bond donors (Lipinski definition) is 4. The first-order chi connectivity index (χ1) is 4.00. The molecule has 0 saturated heterocycles. The van der Waals surface area contributed by atoms with Crippen LogP contribution in [0.4, 0.5) is 0 Å². The Morgan fingerprint density at radius 2 is 0.727 bits per heavy atom. The molecule has 6 nitrogen and oxygen atoms in total. The van der Waals surface area contributed by atoms with Crippen LogP contribution >= 0.6 is 0 Å². The van der Waals surface area contributed by atoms with E-state index in [4.69, 9.17) is 29.7 Å². The van der Waals surface area contributed by atoms with Crippen molar-refractivity contribution in [2.24, 2.45) is 0 Å². The van der Waals surface area contributed by atoms with E-state index in [0.29, 0.717) is 0 Å². The van der Waals surface area contributed by atoms with E-state index in [-0.39, 0.29) is 103 Å². The molecule has 0 rings (SSSR count). The molecule has 0 aromatic heterocycles. The Balaban J connectivity index is -0.0000000178. The molecule has 0 aromatic carbocycles. The molecule has 56 valence electrons. The SMILES string of the molecule is C#N.C#N.O[Si](O)(O)O.[KH].[KH]. The third-order valence-corrected chi connectivity index (χ3v) is 0. The Morgan fingerprint density at radius 3 is 0.727 bits per heavy atom. The molecule has 4 N–H and O–H groups in total. The fourth-order valence-electron chi connectivity index (χ4n) is 0. The van der Waals surface area contributed by atoms with Gasteiger partial charge in [-0.2, -0.15) is 0 Å². The summed E-state index contributed by atoms with van der Waals surface area (Å²) in [6.45, 7) is 7.00. The van der Waals surface area contributed by atoms with Gasteiger partial charge in [-0.25, -0.2) is 10.5 Å². The van der Waals surface area contributed by atoms with Gasteiger partial charge < -0.3 is 19.2 Å². The summed E-state index contributed by atoms with van der Waals surface area (Å²) >= 11 is 0. The van der Waals surface area contributed by atoms with Gasteiger partial charge in [-0.05, 0) is 0 Å². The van der Waals surface area contributed by atoms with Crippen molar-refractivity contribution in [3.05, 3.63) is 0 Å². The van der Waals surface area contributed by atoms with E-state index in [1.165, 1.54) is 0 Å². The summed E-state index contributed by atoms with van der Waals surface area (Å²) in [5.74, 6) is 0. The molecule has 0 radical (unpaired) electrons. The molecule has 0 saturated carbocycles. The number of nitriles is 2. The summed E-state index contributed by atoms with van der Waals surface area (Å²) in [5.41, 5.74) is 0. The molecule has 11 heavy (non-hydrogen) atoms. The van der Waals surface area contributed by atoms with Crippen LogP contribution < -0.4 is 0 Å². The molecule has 0 aliphatic rings. The Kier molecular flexibility index (Phi) is 60.5. The van der Waals surface area contributed by atoms with Crippen molar-refractivity contribution in [3.8, 4) is 13.1 Å². The molecule has 0 unspecified atom stereocenters. The van der Waals surface area contributed by atoms with Crippen molar-refractivity contribution >= 4 is 112 Å². The van der Waals surface area contributed by atoms with E-state index in [2.05, 4.69) is 13.1 Å². The summed E-state index contributed by atoms with van der Waals surface area (Å²) in [4.78, 5) is 29.3. The van der Waals surface area contributed by atoms with Gasteiger partial charge in [0.15, 0.2) is 0 Å². The van der Waals surface area contributed by atoms with Crippen LogP contribution in [0.15, 0.2) is 0 Å². The molecule has 0 fully saturated rings. The fraction of sp³-hybridized carbons (Fsp3) is 0. The zero-order valence-corrected chi connectivity index (χ0v) is 5.34. The first-order valence-electron chi connectivity index (χ1n) is 1.41. The van der Waals surface area contributed by atoms with Gasteiger partial charge in [-0.1, -0.05) is 0 Å². The van der Waals surface area contributed by atoms with Gasteiger partial charge in [0.25, 0.3) is 0 Å². The number of rotatable bonds is 0. The van der Waals surface area contributed by atoms with Crippen molar-refractivity contribution < 1.29 is 19.2 Å². The van der Waals surface area contributed by atoms with Crippen LogP contribution in [0.25, 0.3) is 0 Å². The number of hydrogen-bond acceptors (Lipinski definition) is 6. The summed E-state index contributed by atoms with van der Waals surface area (Å²) in [5, 5.41) is 13.0. The van der Waals surface area contributed by atoms with E-state index >= 15 is 0 Å². The van der Waals surface area contributed by atoms with Crippen molar-refractivity contribution in [2.45, 2.75) is 0 Å². The molecule has 0 bridgehead atoms. The molecule has 0 amide bonds. The molecule has 0 aromatic rings. The average molecular weight is 230 g/mol. The summed E-state index contributed by atoms with van der Waals surface area (Å²) in [6, 6.07) is 0. The Labute approximate surface area is 151 Å². The molecule has 0 atom stereocenters. The van der Waals surface area contributed by atoms with Gasteiger partial charge in [0.2, 0.25) is 0 Å². The predicted molar refractivity (Wildman–Crippen MR) is 42.3 cm³/mol. The van der Waals surface area contributed by atoms with E-state index in [9.17, 15) is 0 Å². The van der Waals surface area contributed by atoms with Gasteiger partial charge in [0.1, 0.15) is 0 Å². The van der Waals surface area contributed by atoms with Crippen LogP contribution in [0.5, 0.6) is 0 Å². The van der Waals surface area contributed by atoms with Gasteiger partial charge in [-0.15, -0.1) is 0 Å². The summed E-state index contributed by atoms with van der Waals surface area (Å²) in [6.07, 6.45) is 0. The molecule has 0 aliphatic heterocycles. The molecule has 0 heterocycles. The predicted octanol–water partition coefficient (Wildman–Crippen LogP) is -3.63. The fourth-order valence-corrected chi connectivity index (χ4v) is 0. The van der Waals surface area contributed by atoms with Crippen LogP contribution in [0, 0.1) is 23.7 Å². The van der Waals surface area contributed by atoms with E-state index in [1.807, 2.05) is 0 Å². The van der Waals surface area contributed by atoms with Crippen molar-refractivity contribution in [3.63, 3.8) is 0 Å². The summed E-state index contributed by atoms with van der Waals surface area (Å²) < 4.78 is 0. The van der Waals surface area contributed by atoms with Crippen molar-refractivity contribution in [1.29, 1.82) is 10.5 Å². The molecule has 9 heteroatoms. The van der Waals surface area contributed by atoms with Crippen molar-refractivity contribution in [1.82, 2.24) is 0 Å². The van der Waals surface area contributed by atoms with E-state index in [0.717, 1.165) is 0 Å². The molecule has 0 spiro atoms. The summed E-state index contributed by atoms with van der Waals surface area (Å²) in [7, 11) is -4.61. The monoisotopic (exact) mass is 230 g/mol. The third-order valence-electron chi connectivity index (χ3n) is 0. The topological polar surface area (TPSA) is 128 Å². The first-order valence-corrected chi connectivity index (χ1v) is 3.20. The zero-order valence-electron chi connectivity index (χ0n) is 4.34. The Hall–Kier alpha value is 2.31. The molecule has 0 aliphatic carbocycles. The number of nitrogens with zero attached hydrogens (tertiary/aromatic N) is 2. The van der Waals surface area contributed by atoms with Crippen LogP contribution in [0.3, 0.4) is 0 Å². The second-order valence-electron chi connectivity index (χ2n) is 0.600. The maximum atomic E-state index is 7.33. The normalized spacial score (nSPS) is 5.82. The third kappa shape index (κ3) is 245. The quantitative estimate of drug-likeness (QED) is 0.318. The Morgan fingerprint density at radius 1 is 0.727 bits per heavy atom. The second-order valence-corrected chi connectivity index (χ2v) is 1.80. The van der Waals surface area contributed by atoms with Gasteiger partial charge in [-0.3, -0.25) is 0 Å². The van der Waals surface area contributed by atoms with Crippen LogP contribution in [0.1, 0.15) is 0 Å². The minimum absolute atomic E-state index is 0. The van der Waals surface area contributed by atoms with Gasteiger partial charge >= 0.3 is 112 Å². The van der Waals surface area contributed by atoms with Crippen molar-refractivity contribution in [2.75, 3.05) is 0 Å². The second kappa shape index (κ2) is 22.8. The van der Waals surface area contributed by atoms with Gasteiger partial charge in [0, 0.05) is 13.1 Å². The maximum absolute atomic E-state index is 7.33. The standard InChI is InChI=1S/2CHN.2K.H4O4Si.2H/c2*1-2;;;1-5(2,3)4;;/h2*1H;;;1-4H;;. The van der Waals surface area contributed by atoms with Crippen LogP contribution in [0.2, 0.25) is 0 Å². The van der Waals surface area contributed by atoms with Gasteiger partial charge in [0.05, 0.1) is 0 Å². The minimum atomic E-state index is -4.61.